The van der Waals surface area contributed by atoms with E-state index < -0.39 is 10.0 Å². The Balaban J connectivity index is 1.39. The predicted octanol–water partition coefficient (Wildman–Crippen LogP) is 4.66. The number of anilines is 1. The number of carbonyl (C=O) groups excluding carboxylic acids is 1. The molecular formula is C31H37N5O4S. The lowest BCUT2D eigenvalue weighted by atomic mass is 9.60. The second kappa shape index (κ2) is 10.4. The van der Waals surface area contributed by atoms with Crippen LogP contribution in [0.25, 0.3) is 11.3 Å². The molecule has 9 nitrogen and oxygen atoms in total. The second-order valence-electron chi connectivity index (χ2n) is 12.1. The molecule has 1 spiro atoms. The molecule has 216 valence electrons. The highest BCUT2D eigenvalue weighted by Gasteiger charge is 2.48. The molecule has 3 heterocycles. The van der Waals surface area contributed by atoms with E-state index in [1.807, 2.05) is 43.9 Å². The number of piperidine rings is 1. The number of fused-ring (bicyclic) bond motifs is 4. The number of aryl methyl sites for hydroxylation is 2. The Bertz CT molecular complexity index is 1570. The SMILES string of the molecule is Cc1cccc(C)c1-c1cc2nc(n1)NS(=O)(=O)c1cccc(c1)C(=O)N(C1CC3(CCN(C)CC3)C1)C[C@@H](C)O2. The second-order valence-corrected chi connectivity index (χ2v) is 13.7. The van der Waals surface area contributed by atoms with E-state index in [-0.39, 0.29) is 40.2 Å². The Labute approximate surface area is 242 Å². The molecule has 1 saturated carbocycles. The minimum absolute atomic E-state index is 0.0143. The van der Waals surface area contributed by atoms with Crippen LogP contribution in [-0.2, 0) is 10.0 Å². The van der Waals surface area contributed by atoms with E-state index in [0.29, 0.717) is 17.8 Å². The van der Waals surface area contributed by atoms with Crippen LogP contribution in [0.15, 0.2) is 53.4 Å². The number of nitrogens with one attached hydrogen (secondary N) is 1. The fraction of sp³-hybridized carbons (Fsp3) is 0.452. The summed E-state index contributed by atoms with van der Waals surface area (Å²) in [4.78, 5) is 27.2. The van der Waals surface area contributed by atoms with Gasteiger partial charge in [0, 0.05) is 23.2 Å². The van der Waals surface area contributed by atoms with Crippen LogP contribution in [0.4, 0.5) is 5.95 Å². The third kappa shape index (κ3) is 5.42. The molecule has 1 N–H and O–H groups in total. The maximum Gasteiger partial charge on any atom is 0.264 e. The summed E-state index contributed by atoms with van der Waals surface area (Å²) in [5.41, 5.74) is 4.09. The summed E-state index contributed by atoms with van der Waals surface area (Å²) >= 11 is 0. The smallest absolute Gasteiger partial charge is 0.264 e. The molecule has 2 fully saturated rings. The zero-order chi connectivity index (χ0) is 28.9. The molecule has 0 unspecified atom stereocenters. The summed E-state index contributed by atoms with van der Waals surface area (Å²) < 4.78 is 35.8. The molecule has 0 radical (unpaired) electrons. The molecule has 2 aromatic carbocycles. The van der Waals surface area contributed by atoms with E-state index in [0.717, 1.165) is 55.5 Å². The van der Waals surface area contributed by atoms with Gasteiger partial charge in [-0.15, -0.1) is 0 Å². The standard InChI is InChI=1S/C31H37N5O4S/c1-20-7-5-8-21(2)28(20)26-16-27-33-30(32-26)34-41(38,39)25-10-6-9-23(15-25)29(37)36(19-22(3)40-27)24-17-31(18-24)11-13-35(4)14-12-31/h5-10,15-16,22,24H,11-14,17-19H2,1-4H3,(H,32,33,34)/t22-/m1/s1. The average Bonchev–Trinajstić information content (AvgIpc) is 2.90. The van der Waals surface area contributed by atoms with Crippen molar-refractivity contribution in [3.8, 4) is 17.1 Å². The summed E-state index contributed by atoms with van der Waals surface area (Å²) in [6.45, 7) is 8.42. The van der Waals surface area contributed by atoms with Crippen LogP contribution >= 0.6 is 0 Å². The maximum absolute atomic E-state index is 13.9. The van der Waals surface area contributed by atoms with Crippen molar-refractivity contribution in [2.24, 2.45) is 5.41 Å². The predicted molar refractivity (Wildman–Crippen MR) is 158 cm³/mol. The number of carbonyl (C=O) groups is 1. The number of benzene rings is 2. The van der Waals surface area contributed by atoms with Gasteiger partial charge < -0.3 is 14.5 Å². The minimum atomic E-state index is -4.08. The molecule has 6 rings (SSSR count). The van der Waals surface area contributed by atoms with Crippen molar-refractivity contribution in [3.63, 3.8) is 0 Å². The van der Waals surface area contributed by atoms with Crippen molar-refractivity contribution < 1.29 is 17.9 Å². The Morgan fingerprint density at radius 1 is 1.00 bits per heavy atom. The van der Waals surface area contributed by atoms with Crippen LogP contribution in [0.1, 0.15) is 54.1 Å². The van der Waals surface area contributed by atoms with Crippen molar-refractivity contribution in [2.75, 3.05) is 31.4 Å². The van der Waals surface area contributed by atoms with Crippen LogP contribution in [0, 0.1) is 19.3 Å². The number of aromatic nitrogens is 2. The molecule has 41 heavy (non-hydrogen) atoms. The Hall–Kier alpha value is -3.50. The Morgan fingerprint density at radius 3 is 2.39 bits per heavy atom. The van der Waals surface area contributed by atoms with Crippen molar-refractivity contribution in [1.82, 2.24) is 19.8 Å². The first-order chi connectivity index (χ1) is 19.5. The van der Waals surface area contributed by atoms with Crippen LogP contribution in [0.3, 0.4) is 0 Å². The van der Waals surface area contributed by atoms with Crippen molar-refractivity contribution in [3.05, 3.63) is 65.2 Å². The molecular weight excluding hydrogens is 538 g/mol. The van der Waals surface area contributed by atoms with Crippen LogP contribution in [0.5, 0.6) is 5.88 Å². The highest BCUT2D eigenvalue weighted by Crippen LogP contribution is 2.51. The fourth-order valence-electron chi connectivity index (χ4n) is 6.60. The first-order valence-corrected chi connectivity index (χ1v) is 15.7. The molecule has 1 atom stereocenters. The number of sulfonamides is 1. The first-order valence-electron chi connectivity index (χ1n) is 14.3. The van der Waals surface area contributed by atoms with Crippen LogP contribution in [0.2, 0.25) is 0 Å². The number of nitrogens with zero attached hydrogens (tertiary/aromatic N) is 4. The molecule has 3 aromatic rings. The zero-order valence-electron chi connectivity index (χ0n) is 24.1. The van der Waals surface area contributed by atoms with E-state index in [2.05, 4.69) is 26.6 Å². The molecule has 1 saturated heterocycles. The van der Waals surface area contributed by atoms with Gasteiger partial charge in [0.1, 0.15) is 6.10 Å². The number of ether oxygens (including phenoxy) is 1. The number of rotatable bonds is 2. The first kappa shape index (κ1) is 27.7. The van der Waals surface area contributed by atoms with Crippen LogP contribution in [-0.4, -0.2) is 72.9 Å². The van der Waals surface area contributed by atoms with Gasteiger partial charge in [0.05, 0.1) is 17.1 Å². The molecule has 4 bridgehead atoms. The molecule has 10 heteroatoms. The van der Waals surface area contributed by atoms with Gasteiger partial charge in [-0.1, -0.05) is 24.3 Å². The monoisotopic (exact) mass is 575 g/mol. The summed E-state index contributed by atoms with van der Waals surface area (Å²) in [6.07, 6.45) is 3.79. The lowest BCUT2D eigenvalue weighted by Gasteiger charge is -2.55. The number of amides is 1. The van der Waals surface area contributed by atoms with E-state index in [1.165, 1.54) is 12.1 Å². The molecule has 1 amide bonds. The maximum atomic E-state index is 13.9. The fourth-order valence-corrected chi connectivity index (χ4v) is 7.59. The third-order valence-corrected chi connectivity index (χ3v) is 10.2. The number of hydrogen-bond acceptors (Lipinski definition) is 7. The highest BCUT2D eigenvalue weighted by molar-refractivity contribution is 7.92. The molecule has 1 aromatic heterocycles. The van der Waals surface area contributed by atoms with Gasteiger partial charge in [0.15, 0.2) is 0 Å². The summed E-state index contributed by atoms with van der Waals surface area (Å²) in [5.74, 6) is -0.0106. The van der Waals surface area contributed by atoms with E-state index in [9.17, 15) is 13.2 Å². The van der Waals surface area contributed by atoms with Crippen molar-refractivity contribution in [2.45, 2.75) is 63.5 Å². The largest absolute Gasteiger partial charge is 0.473 e. The molecule has 3 aliphatic rings. The lowest BCUT2D eigenvalue weighted by molar-refractivity contribution is -0.0377. The summed E-state index contributed by atoms with van der Waals surface area (Å²) in [6, 6.07) is 14.0. The Morgan fingerprint density at radius 2 is 1.68 bits per heavy atom. The lowest BCUT2D eigenvalue weighted by Crippen LogP contribution is -2.57. The highest BCUT2D eigenvalue weighted by atomic mass is 32.2. The zero-order valence-corrected chi connectivity index (χ0v) is 24.9. The van der Waals surface area contributed by atoms with Gasteiger partial charge in [-0.2, -0.15) is 4.98 Å². The van der Waals surface area contributed by atoms with Crippen LogP contribution < -0.4 is 9.46 Å². The number of hydrogen-bond donors (Lipinski definition) is 1. The van der Waals surface area contributed by atoms with E-state index >= 15 is 0 Å². The average molecular weight is 576 g/mol. The van der Waals surface area contributed by atoms with Gasteiger partial charge in [0.25, 0.3) is 15.9 Å². The van der Waals surface area contributed by atoms with Gasteiger partial charge in [-0.3, -0.25) is 4.79 Å². The van der Waals surface area contributed by atoms with Crippen molar-refractivity contribution in [1.29, 1.82) is 0 Å². The van der Waals surface area contributed by atoms with E-state index in [1.54, 1.807) is 18.2 Å². The van der Waals surface area contributed by atoms with Gasteiger partial charge in [-0.05, 0) is 101 Å². The third-order valence-electron chi connectivity index (χ3n) is 8.92. The van der Waals surface area contributed by atoms with Gasteiger partial charge in [0.2, 0.25) is 11.8 Å². The van der Waals surface area contributed by atoms with Gasteiger partial charge in [-0.25, -0.2) is 18.1 Å². The normalized spacial score (nSPS) is 22.5. The number of likely N-dealkylation sites (tertiary alicyclic amines) is 1. The van der Waals surface area contributed by atoms with E-state index in [4.69, 9.17) is 4.74 Å². The molecule has 2 aliphatic heterocycles. The minimum Gasteiger partial charge on any atom is -0.473 e. The summed E-state index contributed by atoms with van der Waals surface area (Å²) in [5, 5.41) is 0. The Kier molecular flexibility index (Phi) is 7.02. The summed E-state index contributed by atoms with van der Waals surface area (Å²) in [7, 11) is -1.92. The topological polar surface area (TPSA) is 105 Å². The van der Waals surface area contributed by atoms with Gasteiger partial charge >= 0.3 is 0 Å². The molecule has 1 aliphatic carbocycles. The van der Waals surface area contributed by atoms with Crippen molar-refractivity contribution >= 4 is 21.9 Å². The quantitative estimate of drug-likeness (QED) is 0.474.